The van der Waals surface area contributed by atoms with Crippen LogP contribution in [0.5, 0.6) is 0 Å². The van der Waals surface area contributed by atoms with Crippen molar-refractivity contribution in [2.24, 2.45) is 5.41 Å². The summed E-state index contributed by atoms with van der Waals surface area (Å²) in [5.74, 6) is 5.97. The van der Waals surface area contributed by atoms with Crippen molar-refractivity contribution in [1.29, 1.82) is 0 Å². The zero-order valence-corrected chi connectivity index (χ0v) is 35.7. The van der Waals surface area contributed by atoms with Crippen LogP contribution in [0.3, 0.4) is 0 Å². The van der Waals surface area contributed by atoms with Crippen LogP contribution in [0.2, 0.25) is 0 Å². The van der Waals surface area contributed by atoms with Gasteiger partial charge in [0.2, 0.25) is 23.6 Å². The van der Waals surface area contributed by atoms with Crippen LogP contribution in [0.1, 0.15) is 71.6 Å². The fourth-order valence-corrected chi connectivity index (χ4v) is 7.93. The predicted molar refractivity (Wildman–Crippen MR) is 219 cm³/mol. The summed E-state index contributed by atoms with van der Waals surface area (Å²) in [4.78, 5) is 66.3. The number of terminal acetylenes is 3. The Kier molecular flexibility index (Phi) is 24.3. The minimum atomic E-state index is -3.29. The molecule has 0 saturated heterocycles. The van der Waals surface area contributed by atoms with Crippen LogP contribution in [-0.4, -0.2) is 139 Å². The molecule has 0 aromatic carbocycles. The maximum atomic E-state index is 14.1. The van der Waals surface area contributed by atoms with E-state index in [0.717, 1.165) is 0 Å². The lowest BCUT2D eigenvalue weighted by Crippen LogP contribution is -2.74. The molecule has 4 amide bonds. The van der Waals surface area contributed by atoms with Gasteiger partial charge in [-0.25, -0.2) is 0 Å². The average molecular weight is 854 g/mol. The van der Waals surface area contributed by atoms with Crippen molar-refractivity contribution in [3.8, 4) is 37.0 Å². The quantitative estimate of drug-likeness (QED) is 0.0392. The van der Waals surface area contributed by atoms with Crippen molar-refractivity contribution in [3.05, 3.63) is 0 Å². The molecular formula is C40H62N4O12PS-. The largest absolute Gasteiger partial charge is 0.800 e. The molecule has 2 bridgehead atoms. The van der Waals surface area contributed by atoms with E-state index in [2.05, 4.69) is 39.0 Å². The molecule has 16 nitrogen and oxygen atoms in total. The molecule has 3 fully saturated rings. The summed E-state index contributed by atoms with van der Waals surface area (Å²) >= 11 is 5.26. The molecule has 3 saturated carbocycles. The van der Waals surface area contributed by atoms with E-state index in [1.807, 2.05) is 0 Å². The Hall–Kier alpha value is -3.11. The molecule has 58 heavy (non-hydrogen) atoms. The van der Waals surface area contributed by atoms with Gasteiger partial charge in [-0.3, -0.25) is 19.2 Å². The molecule has 0 aromatic rings. The highest BCUT2D eigenvalue weighted by atomic mass is 32.5. The minimum Gasteiger partial charge on any atom is -0.800 e. The zero-order valence-electron chi connectivity index (χ0n) is 34.0. The first kappa shape index (κ1) is 51.0. The van der Waals surface area contributed by atoms with Gasteiger partial charge in [0, 0.05) is 44.4 Å². The number of nitrogens with one attached hydrogen (secondary N) is 4. The normalized spacial score (nSPS) is 19.0. The lowest BCUT2D eigenvalue weighted by molar-refractivity contribution is -0.266. The molecule has 4 N–H and O–H groups in total. The minimum absolute atomic E-state index is 0.00641. The summed E-state index contributed by atoms with van der Waals surface area (Å²) in [6.07, 6.45) is 17.0. The molecule has 18 heteroatoms. The fraction of sp³-hybridized carbons (Fsp3) is 0.750. The standard InChI is InChI=1S/C40H63N4O12PS/c1-6-18-50-24-27-53-21-15-41-34(45)9-12-39(13-10-35(46)42-16-22-54-28-25-51-19-7-2,14-11-36(47)43-17-23-55-29-26-52-20-8-3)44-37(48)38-30-40(31-38,32-38)56-57(49,58)33(4)5/h1-3,33H,9-32H2,4-5H3,(H,41,45)(H,42,46)(H,43,47)(H,44,48)(H,49,58)/p-1. The summed E-state index contributed by atoms with van der Waals surface area (Å²) in [7, 11) is 0. The third-order valence-corrected chi connectivity index (χ3v) is 13.1. The van der Waals surface area contributed by atoms with Gasteiger partial charge in [-0.05, 0) is 50.7 Å². The monoisotopic (exact) mass is 853 g/mol. The van der Waals surface area contributed by atoms with Gasteiger partial charge in [-0.2, -0.15) is 0 Å². The Morgan fingerprint density at radius 2 is 1.00 bits per heavy atom. The Labute approximate surface area is 349 Å². The SMILES string of the molecule is C#CCOCCOCCNC(=O)CCC(CCC(=O)NCCOCCOCC#C)(CCC(=O)NCCOCCOCC#C)NC(=O)C12CC(OP([O-])(=S)C(C)C)(C1)C2. The van der Waals surface area contributed by atoms with E-state index in [4.69, 9.17) is 64.0 Å². The summed E-state index contributed by atoms with van der Waals surface area (Å²) < 4.78 is 37.9. The average Bonchev–Trinajstić information content (AvgIpc) is 3.16. The highest BCUT2D eigenvalue weighted by molar-refractivity contribution is 8.09. The van der Waals surface area contributed by atoms with Crippen LogP contribution in [0.25, 0.3) is 0 Å². The van der Waals surface area contributed by atoms with Gasteiger partial charge in [-0.15, -0.1) is 19.3 Å². The van der Waals surface area contributed by atoms with E-state index in [0.29, 0.717) is 58.9 Å². The fourth-order valence-electron chi connectivity index (χ4n) is 6.51. The topological polar surface area (TPSA) is 204 Å². The second-order valence-electron chi connectivity index (χ2n) is 14.6. The molecule has 3 aliphatic rings. The van der Waals surface area contributed by atoms with Gasteiger partial charge < -0.3 is 59.1 Å². The first-order valence-corrected chi connectivity index (χ1v) is 22.4. The molecule has 3 rings (SSSR count). The Morgan fingerprint density at radius 1 is 0.655 bits per heavy atom. The second-order valence-corrected chi connectivity index (χ2v) is 18.4. The zero-order chi connectivity index (χ0) is 42.8. The molecule has 1 unspecified atom stereocenters. The third-order valence-electron chi connectivity index (χ3n) is 9.67. The van der Waals surface area contributed by atoms with Crippen molar-refractivity contribution in [3.63, 3.8) is 0 Å². The lowest BCUT2D eigenvalue weighted by Gasteiger charge is -2.70. The molecule has 0 aromatic heterocycles. The number of amides is 4. The van der Waals surface area contributed by atoms with E-state index >= 15 is 0 Å². The number of rotatable bonds is 35. The van der Waals surface area contributed by atoms with Crippen molar-refractivity contribution in [2.75, 3.05) is 98.9 Å². The van der Waals surface area contributed by atoms with Crippen LogP contribution >= 0.6 is 6.49 Å². The van der Waals surface area contributed by atoms with Gasteiger partial charge in [0.05, 0.1) is 70.5 Å². The van der Waals surface area contributed by atoms with E-state index in [1.54, 1.807) is 13.8 Å². The molecule has 0 radical (unpaired) electrons. The van der Waals surface area contributed by atoms with Crippen LogP contribution in [0, 0.1) is 42.4 Å². The van der Waals surface area contributed by atoms with Crippen molar-refractivity contribution in [2.45, 2.75) is 88.4 Å². The smallest absolute Gasteiger partial charge is 0.226 e. The summed E-state index contributed by atoms with van der Waals surface area (Å²) in [5, 5.41) is 11.7. The molecule has 1 atom stereocenters. The van der Waals surface area contributed by atoms with Gasteiger partial charge in [0.15, 0.2) is 0 Å². The summed E-state index contributed by atoms with van der Waals surface area (Å²) in [5.41, 5.74) is -2.94. The van der Waals surface area contributed by atoms with Crippen LogP contribution in [0.4, 0.5) is 0 Å². The van der Waals surface area contributed by atoms with Gasteiger partial charge in [0.25, 0.3) is 0 Å². The van der Waals surface area contributed by atoms with Crippen LogP contribution < -0.4 is 26.2 Å². The Morgan fingerprint density at radius 3 is 1.33 bits per heavy atom. The van der Waals surface area contributed by atoms with Crippen molar-refractivity contribution in [1.82, 2.24) is 21.3 Å². The Balaban J connectivity index is 2.12. The molecule has 0 spiro atoms. The van der Waals surface area contributed by atoms with Crippen molar-refractivity contribution < 1.29 is 57.0 Å². The number of hydrogen-bond acceptors (Lipinski definition) is 13. The van der Waals surface area contributed by atoms with Gasteiger partial charge >= 0.3 is 0 Å². The van der Waals surface area contributed by atoms with E-state index in [1.165, 1.54) is 0 Å². The first-order chi connectivity index (χ1) is 27.8. The third kappa shape index (κ3) is 19.3. The van der Waals surface area contributed by atoms with E-state index < -0.39 is 23.0 Å². The van der Waals surface area contributed by atoms with E-state index in [-0.39, 0.29) is 127 Å². The van der Waals surface area contributed by atoms with Crippen LogP contribution in [-0.2, 0) is 63.9 Å². The molecule has 326 valence electrons. The Bertz CT molecular complexity index is 1340. The first-order valence-electron chi connectivity index (χ1n) is 19.7. The number of carbonyl (C=O) groups excluding carboxylic acids is 4. The number of hydrogen-bond donors (Lipinski definition) is 4. The maximum Gasteiger partial charge on any atom is 0.226 e. The molecule has 3 aliphatic carbocycles. The number of ether oxygens (including phenoxy) is 6. The van der Waals surface area contributed by atoms with Gasteiger partial charge in [-0.1, -0.05) is 43.4 Å². The number of carbonyl (C=O) groups is 4. The van der Waals surface area contributed by atoms with E-state index in [9.17, 15) is 24.1 Å². The molecular weight excluding hydrogens is 791 g/mol. The maximum absolute atomic E-state index is 14.1. The van der Waals surface area contributed by atoms with Gasteiger partial charge in [0.1, 0.15) is 19.8 Å². The predicted octanol–water partition coefficient (Wildman–Crippen LogP) is 0.547. The lowest BCUT2D eigenvalue weighted by atomic mass is 9.41. The highest BCUT2D eigenvalue weighted by Gasteiger charge is 2.73. The second kappa shape index (κ2) is 27.6. The van der Waals surface area contributed by atoms with Crippen LogP contribution in [0.15, 0.2) is 0 Å². The van der Waals surface area contributed by atoms with Crippen molar-refractivity contribution >= 4 is 41.9 Å². The highest BCUT2D eigenvalue weighted by Crippen LogP contribution is 2.73. The summed E-state index contributed by atoms with van der Waals surface area (Å²) in [6.45, 7) is 4.12. The molecule has 0 aliphatic heterocycles. The summed E-state index contributed by atoms with van der Waals surface area (Å²) in [6, 6.07) is 0. The molecule has 0 heterocycles.